The average molecular weight is 230 g/mol. The van der Waals surface area contributed by atoms with Crippen LogP contribution < -0.4 is 5.73 Å². The molecule has 1 aliphatic heterocycles. The Morgan fingerprint density at radius 1 is 1.29 bits per heavy atom. The predicted molar refractivity (Wildman–Crippen MR) is 58.2 cm³/mol. The minimum Gasteiger partial charge on any atom is -0.399 e. The number of hydroxylamine groups is 2. The lowest BCUT2D eigenvalue weighted by molar-refractivity contribution is -0.183. The molecule has 2 atom stereocenters. The van der Waals surface area contributed by atoms with Gasteiger partial charge in [-0.3, -0.25) is 14.8 Å². The summed E-state index contributed by atoms with van der Waals surface area (Å²) in [5, 5.41) is 9.64. The Morgan fingerprint density at radius 2 is 2.06 bits per heavy atom. The molecule has 0 saturated carbocycles. The monoisotopic (exact) mass is 230 g/mol. The van der Waals surface area contributed by atoms with Gasteiger partial charge in [0.15, 0.2) is 0 Å². The van der Waals surface area contributed by atoms with Crippen LogP contribution in [0.25, 0.3) is 0 Å². The smallest absolute Gasteiger partial charge is 0.281 e. The van der Waals surface area contributed by atoms with Gasteiger partial charge in [-0.1, -0.05) is 18.2 Å². The van der Waals surface area contributed by atoms with Crippen LogP contribution in [0, 0.1) is 11.8 Å². The highest BCUT2D eigenvalue weighted by atomic mass is 16.5. The molecule has 1 saturated heterocycles. The summed E-state index contributed by atoms with van der Waals surface area (Å²) >= 11 is 0. The molecule has 2 unspecified atom stereocenters. The van der Waals surface area contributed by atoms with Crippen LogP contribution in [0.15, 0.2) is 47.2 Å². The van der Waals surface area contributed by atoms with E-state index >= 15 is 0 Å². The molecular formula is C12H10N2O3. The van der Waals surface area contributed by atoms with Crippen LogP contribution in [-0.4, -0.2) is 22.1 Å². The number of nitrogens with two attached hydrogens (primary N) is 1. The molecule has 86 valence electrons. The highest BCUT2D eigenvalue weighted by molar-refractivity contribution is 6.09. The second kappa shape index (κ2) is 3.18. The van der Waals surface area contributed by atoms with E-state index < -0.39 is 17.7 Å². The largest absolute Gasteiger partial charge is 0.399 e. The van der Waals surface area contributed by atoms with E-state index in [2.05, 4.69) is 0 Å². The van der Waals surface area contributed by atoms with Crippen molar-refractivity contribution in [2.24, 2.45) is 17.6 Å². The van der Waals surface area contributed by atoms with Gasteiger partial charge in [-0.05, 0) is 17.7 Å². The Morgan fingerprint density at radius 3 is 2.82 bits per heavy atom. The van der Waals surface area contributed by atoms with Crippen molar-refractivity contribution >= 4 is 11.8 Å². The summed E-state index contributed by atoms with van der Waals surface area (Å²) < 4.78 is 0. The molecule has 0 aromatic heterocycles. The summed E-state index contributed by atoms with van der Waals surface area (Å²) in [7, 11) is 0. The zero-order valence-electron chi connectivity index (χ0n) is 8.83. The van der Waals surface area contributed by atoms with Crippen molar-refractivity contribution in [3.63, 3.8) is 0 Å². The van der Waals surface area contributed by atoms with Crippen molar-refractivity contribution in [3.05, 3.63) is 47.2 Å². The Kier molecular flexibility index (Phi) is 1.88. The first-order valence-corrected chi connectivity index (χ1v) is 5.24. The quantitative estimate of drug-likeness (QED) is 0.461. The number of allylic oxidation sites excluding steroid dienone is 5. The van der Waals surface area contributed by atoms with Gasteiger partial charge in [-0.25, -0.2) is 0 Å². The van der Waals surface area contributed by atoms with E-state index in [1.54, 1.807) is 18.2 Å². The van der Waals surface area contributed by atoms with Gasteiger partial charge in [0.1, 0.15) is 0 Å². The fourth-order valence-electron chi connectivity index (χ4n) is 2.51. The molecule has 2 amide bonds. The van der Waals surface area contributed by atoms with E-state index in [4.69, 9.17) is 5.73 Å². The molecule has 0 bridgehead atoms. The van der Waals surface area contributed by atoms with Crippen LogP contribution in [0.4, 0.5) is 0 Å². The van der Waals surface area contributed by atoms with Crippen molar-refractivity contribution in [1.29, 1.82) is 0 Å². The fraction of sp³-hybridized carbons (Fsp3) is 0.167. The van der Waals surface area contributed by atoms with Gasteiger partial charge in [-0.2, -0.15) is 5.06 Å². The molecule has 1 heterocycles. The number of carbonyl (C=O) groups is 2. The van der Waals surface area contributed by atoms with Crippen LogP contribution in [0.1, 0.15) is 0 Å². The Labute approximate surface area is 97.1 Å². The SMILES string of the molecule is NC1=CC2=CC=CC3C(=O)N(O)C(=O)C(=C1)C23. The molecule has 3 aliphatic rings. The molecule has 1 fully saturated rings. The van der Waals surface area contributed by atoms with Crippen molar-refractivity contribution < 1.29 is 14.8 Å². The topological polar surface area (TPSA) is 83.6 Å². The van der Waals surface area contributed by atoms with Gasteiger partial charge in [0.25, 0.3) is 11.8 Å². The van der Waals surface area contributed by atoms with Crippen molar-refractivity contribution in [2.75, 3.05) is 0 Å². The third-order valence-electron chi connectivity index (χ3n) is 3.25. The minimum absolute atomic E-state index is 0.179. The first-order chi connectivity index (χ1) is 8.09. The zero-order valence-corrected chi connectivity index (χ0v) is 8.83. The van der Waals surface area contributed by atoms with Gasteiger partial charge in [-0.15, -0.1) is 0 Å². The lowest BCUT2D eigenvalue weighted by atomic mass is 9.71. The van der Waals surface area contributed by atoms with E-state index in [9.17, 15) is 14.8 Å². The van der Waals surface area contributed by atoms with Gasteiger partial charge < -0.3 is 5.73 Å². The molecule has 3 rings (SSSR count). The van der Waals surface area contributed by atoms with Crippen LogP contribution in [-0.2, 0) is 9.59 Å². The fourth-order valence-corrected chi connectivity index (χ4v) is 2.51. The lowest BCUT2D eigenvalue weighted by Crippen LogP contribution is -2.49. The summed E-state index contributed by atoms with van der Waals surface area (Å²) in [6.07, 6.45) is 8.53. The summed E-state index contributed by atoms with van der Waals surface area (Å²) in [4.78, 5) is 23.6. The highest BCUT2D eigenvalue weighted by Crippen LogP contribution is 2.41. The Bertz CT molecular complexity index is 554. The third kappa shape index (κ3) is 1.23. The van der Waals surface area contributed by atoms with Crippen LogP contribution in [0.2, 0.25) is 0 Å². The molecule has 5 nitrogen and oxygen atoms in total. The molecule has 0 aromatic carbocycles. The predicted octanol–water partition coefficient (Wildman–Crippen LogP) is 0.256. The standard InChI is InChI=1S/C12H10N2O3/c13-7-4-6-2-1-3-8-10(6)9(5-7)12(16)14(17)11(8)15/h1-5,8,10,17H,13H2. The summed E-state index contributed by atoms with van der Waals surface area (Å²) in [6.45, 7) is 0. The summed E-state index contributed by atoms with van der Waals surface area (Å²) in [6, 6.07) is 0. The maximum Gasteiger partial charge on any atom is 0.281 e. The van der Waals surface area contributed by atoms with Crippen molar-refractivity contribution in [2.45, 2.75) is 0 Å². The zero-order chi connectivity index (χ0) is 12.2. The number of nitrogens with zero attached hydrogens (tertiary/aromatic N) is 1. The lowest BCUT2D eigenvalue weighted by Gasteiger charge is -2.37. The normalized spacial score (nSPS) is 30.6. The number of hydrogen-bond donors (Lipinski definition) is 2. The molecule has 0 spiro atoms. The molecule has 0 aromatic rings. The minimum atomic E-state index is -0.687. The highest BCUT2D eigenvalue weighted by Gasteiger charge is 2.46. The van der Waals surface area contributed by atoms with Crippen LogP contribution >= 0.6 is 0 Å². The van der Waals surface area contributed by atoms with E-state index in [0.717, 1.165) is 5.57 Å². The first-order valence-electron chi connectivity index (χ1n) is 5.24. The Hall–Kier alpha value is -2.14. The number of piperidine rings is 1. The second-order valence-corrected chi connectivity index (χ2v) is 4.25. The summed E-state index contributed by atoms with van der Waals surface area (Å²) in [5.74, 6) is -2.11. The van der Waals surface area contributed by atoms with Crippen LogP contribution in [0.5, 0.6) is 0 Å². The van der Waals surface area contributed by atoms with E-state index in [-0.39, 0.29) is 11.0 Å². The summed E-state index contributed by atoms with van der Waals surface area (Å²) in [5.41, 5.74) is 7.36. The second-order valence-electron chi connectivity index (χ2n) is 4.25. The molecular weight excluding hydrogens is 220 g/mol. The van der Waals surface area contributed by atoms with Crippen molar-refractivity contribution in [1.82, 2.24) is 5.06 Å². The number of rotatable bonds is 0. The van der Waals surface area contributed by atoms with Crippen molar-refractivity contribution in [3.8, 4) is 0 Å². The number of imide groups is 1. The van der Waals surface area contributed by atoms with E-state index in [0.29, 0.717) is 11.3 Å². The first kappa shape index (κ1) is 10.0. The maximum absolute atomic E-state index is 11.8. The molecule has 3 N–H and O–H groups in total. The number of hydrogen-bond acceptors (Lipinski definition) is 4. The Balaban J connectivity index is 2.19. The molecule has 0 radical (unpaired) electrons. The van der Waals surface area contributed by atoms with E-state index in [1.165, 1.54) is 6.08 Å². The maximum atomic E-state index is 11.8. The third-order valence-corrected chi connectivity index (χ3v) is 3.25. The number of carbonyl (C=O) groups excluding carboxylic acids is 2. The van der Waals surface area contributed by atoms with Gasteiger partial charge >= 0.3 is 0 Å². The van der Waals surface area contributed by atoms with Crippen LogP contribution in [0.3, 0.4) is 0 Å². The molecule has 5 heteroatoms. The molecule has 2 aliphatic carbocycles. The van der Waals surface area contributed by atoms with Gasteiger partial charge in [0.2, 0.25) is 0 Å². The van der Waals surface area contributed by atoms with Gasteiger partial charge in [0, 0.05) is 17.2 Å². The number of amides is 2. The average Bonchev–Trinajstić information content (AvgIpc) is 2.32. The molecule has 17 heavy (non-hydrogen) atoms. The van der Waals surface area contributed by atoms with Gasteiger partial charge in [0.05, 0.1) is 5.92 Å². The van der Waals surface area contributed by atoms with E-state index in [1.807, 2.05) is 6.08 Å².